The lowest BCUT2D eigenvalue weighted by Crippen LogP contribution is -2.40. The molecule has 34 heavy (non-hydrogen) atoms. The molecule has 1 fully saturated rings. The zero-order valence-corrected chi connectivity index (χ0v) is 19.6. The van der Waals surface area contributed by atoms with E-state index in [0.717, 1.165) is 10.5 Å². The number of hydrogen-bond donors (Lipinski definition) is 1. The minimum atomic E-state index is -0.521. The maximum atomic E-state index is 13.8. The van der Waals surface area contributed by atoms with Gasteiger partial charge in [0.05, 0.1) is 35.7 Å². The number of carbonyl (C=O) groups excluding carboxylic acids is 2. The van der Waals surface area contributed by atoms with Gasteiger partial charge < -0.3 is 9.64 Å². The molecule has 3 aromatic rings. The summed E-state index contributed by atoms with van der Waals surface area (Å²) in [5, 5.41) is 3.52. The monoisotopic (exact) mass is 478 g/mol. The molecule has 8 nitrogen and oxygen atoms in total. The van der Waals surface area contributed by atoms with Crippen LogP contribution in [0.1, 0.15) is 16.8 Å². The highest BCUT2D eigenvalue weighted by atomic mass is 35.5. The second kappa shape index (κ2) is 8.62. The zero-order chi connectivity index (χ0) is 24.0. The number of aromatic nitrogens is 2. The van der Waals surface area contributed by atoms with Gasteiger partial charge in [-0.05, 0) is 44.2 Å². The number of nitrogens with one attached hydrogen (secondary N) is 1. The lowest BCUT2D eigenvalue weighted by molar-refractivity contribution is -0.121. The summed E-state index contributed by atoms with van der Waals surface area (Å²) in [4.78, 5) is 44.0. The van der Waals surface area contributed by atoms with Crippen LogP contribution in [0.3, 0.4) is 0 Å². The van der Waals surface area contributed by atoms with Crippen molar-refractivity contribution in [2.24, 2.45) is 0 Å². The van der Waals surface area contributed by atoms with Gasteiger partial charge in [0.1, 0.15) is 5.70 Å². The Labute approximate surface area is 201 Å². The number of rotatable bonds is 4. The third-order valence-electron chi connectivity index (χ3n) is 6.07. The molecular formula is C25H23ClN4O4. The van der Waals surface area contributed by atoms with Gasteiger partial charge in [0.25, 0.3) is 17.4 Å². The van der Waals surface area contributed by atoms with Crippen LogP contribution in [0.4, 0.5) is 5.69 Å². The minimum absolute atomic E-state index is 0.104. The standard InChI is InChI=1S/C25H23ClN4O4/c1-15-6-8-18(9-7-15)29-23(31)21(22(25(29)33)28-10-12-34-13-11-28)20-16(2)27-30(24(20)32)19-5-3-4-17(26)14-19/h3-9,14,27H,10-13H2,1-2H3. The van der Waals surface area contributed by atoms with Crippen LogP contribution in [0.2, 0.25) is 5.02 Å². The number of hydrogen-bond acceptors (Lipinski definition) is 5. The molecule has 0 saturated carbocycles. The fourth-order valence-corrected chi connectivity index (χ4v) is 4.57. The number of aromatic amines is 1. The van der Waals surface area contributed by atoms with Crippen LogP contribution in [0.5, 0.6) is 0 Å². The predicted octanol–water partition coefficient (Wildman–Crippen LogP) is 3.05. The summed E-state index contributed by atoms with van der Waals surface area (Å²) < 4.78 is 6.79. The smallest absolute Gasteiger partial charge is 0.282 e. The molecule has 5 rings (SSSR count). The first kappa shape index (κ1) is 22.2. The average molecular weight is 479 g/mol. The molecule has 2 aliphatic rings. The minimum Gasteiger partial charge on any atom is -0.378 e. The Balaban J connectivity index is 1.69. The van der Waals surface area contributed by atoms with Gasteiger partial charge in [0, 0.05) is 23.8 Å². The van der Waals surface area contributed by atoms with E-state index < -0.39 is 17.4 Å². The molecule has 2 aliphatic heterocycles. The number of halogens is 1. The Morgan fingerprint density at radius 3 is 2.29 bits per heavy atom. The molecule has 0 spiro atoms. The van der Waals surface area contributed by atoms with Gasteiger partial charge in [0.15, 0.2) is 0 Å². The van der Waals surface area contributed by atoms with Crippen LogP contribution < -0.4 is 10.5 Å². The van der Waals surface area contributed by atoms with Crippen molar-refractivity contribution >= 4 is 34.7 Å². The molecule has 0 aliphatic carbocycles. The van der Waals surface area contributed by atoms with E-state index in [1.165, 1.54) is 4.68 Å². The van der Waals surface area contributed by atoms with Crippen molar-refractivity contribution in [3.8, 4) is 5.69 Å². The molecule has 2 amide bonds. The number of anilines is 1. The molecule has 0 radical (unpaired) electrons. The largest absolute Gasteiger partial charge is 0.378 e. The first-order valence-corrected chi connectivity index (χ1v) is 11.3. The van der Waals surface area contributed by atoms with Crippen molar-refractivity contribution < 1.29 is 14.3 Å². The van der Waals surface area contributed by atoms with Gasteiger partial charge in [0.2, 0.25) is 0 Å². The highest BCUT2D eigenvalue weighted by Gasteiger charge is 2.44. The summed E-state index contributed by atoms with van der Waals surface area (Å²) in [5.41, 5.74) is 2.57. The Hall–Kier alpha value is -3.62. The summed E-state index contributed by atoms with van der Waals surface area (Å²) >= 11 is 6.12. The van der Waals surface area contributed by atoms with E-state index in [4.69, 9.17) is 16.3 Å². The van der Waals surface area contributed by atoms with Crippen molar-refractivity contribution in [1.29, 1.82) is 0 Å². The summed E-state index contributed by atoms with van der Waals surface area (Å²) in [6.45, 7) is 5.41. The number of aryl methyl sites for hydroxylation is 2. The van der Waals surface area contributed by atoms with E-state index >= 15 is 0 Å². The van der Waals surface area contributed by atoms with Gasteiger partial charge in [-0.1, -0.05) is 35.4 Å². The van der Waals surface area contributed by atoms with Crippen LogP contribution in [0.15, 0.2) is 59.0 Å². The third kappa shape index (κ3) is 3.65. The highest BCUT2D eigenvalue weighted by Crippen LogP contribution is 2.35. The number of benzene rings is 2. The van der Waals surface area contributed by atoms with Crippen molar-refractivity contribution in [3.63, 3.8) is 0 Å². The molecule has 174 valence electrons. The van der Waals surface area contributed by atoms with Crippen LogP contribution in [0.25, 0.3) is 11.3 Å². The number of carbonyl (C=O) groups is 2. The maximum Gasteiger partial charge on any atom is 0.282 e. The fourth-order valence-electron chi connectivity index (χ4n) is 4.39. The fraction of sp³-hybridized carbons (Fsp3) is 0.240. The first-order valence-electron chi connectivity index (χ1n) is 11.0. The van der Waals surface area contributed by atoms with Crippen LogP contribution in [-0.4, -0.2) is 52.8 Å². The number of imide groups is 1. The Morgan fingerprint density at radius 1 is 0.912 bits per heavy atom. The van der Waals surface area contributed by atoms with E-state index in [1.54, 1.807) is 43.3 Å². The second-order valence-electron chi connectivity index (χ2n) is 8.34. The van der Waals surface area contributed by atoms with Gasteiger partial charge >= 0.3 is 0 Å². The molecular weight excluding hydrogens is 456 g/mol. The Kier molecular flexibility index (Phi) is 5.63. The zero-order valence-electron chi connectivity index (χ0n) is 18.8. The molecule has 9 heteroatoms. The van der Waals surface area contributed by atoms with E-state index in [2.05, 4.69) is 5.10 Å². The van der Waals surface area contributed by atoms with Crippen LogP contribution in [-0.2, 0) is 14.3 Å². The molecule has 3 heterocycles. The first-order chi connectivity index (χ1) is 16.4. The van der Waals surface area contributed by atoms with Crippen LogP contribution in [0, 0.1) is 13.8 Å². The number of morpholine rings is 1. The quantitative estimate of drug-likeness (QED) is 0.582. The lowest BCUT2D eigenvalue weighted by Gasteiger charge is -2.29. The molecule has 0 bridgehead atoms. The maximum absolute atomic E-state index is 13.8. The topological polar surface area (TPSA) is 87.6 Å². The molecule has 1 aromatic heterocycles. The average Bonchev–Trinajstić information content (AvgIpc) is 3.26. The van der Waals surface area contributed by atoms with Gasteiger partial charge in [-0.2, -0.15) is 0 Å². The van der Waals surface area contributed by atoms with Gasteiger partial charge in [-0.15, -0.1) is 0 Å². The molecule has 2 aromatic carbocycles. The Morgan fingerprint density at radius 2 is 1.62 bits per heavy atom. The molecule has 0 atom stereocenters. The van der Waals surface area contributed by atoms with Crippen molar-refractivity contribution in [3.05, 3.63) is 86.4 Å². The molecule has 0 unspecified atom stereocenters. The van der Waals surface area contributed by atoms with Crippen molar-refractivity contribution in [2.45, 2.75) is 13.8 Å². The summed E-state index contributed by atoms with van der Waals surface area (Å²) in [6, 6.07) is 14.0. The lowest BCUT2D eigenvalue weighted by atomic mass is 10.0. The normalized spacial score (nSPS) is 16.7. The van der Waals surface area contributed by atoms with E-state index in [1.807, 2.05) is 24.0 Å². The van der Waals surface area contributed by atoms with Gasteiger partial charge in [-0.25, -0.2) is 9.58 Å². The molecule has 1 saturated heterocycles. The molecule has 1 N–H and O–H groups in total. The highest BCUT2D eigenvalue weighted by molar-refractivity contribution is 6.45. The summed E-state index contributed by atoms with van der Waals surface area (Å²) in [5.74, 6) is -0.965. The summed E-state index contributed by atoms with van der Waals surface area (Å²) in [6.07, 6.45) is 0. The SMILES string of the molecule is Cc1ccc(N2C(=O)C(c3c(C)[nH]n(-c4cccc(Cl)c4)c3=O)=C(N3CCOCC3)C2=O)cc1. The van der Waals surface area contributed by atoms with E-state index in [9.17, 15) is 14.4 Å². The van der Waals surface area contributed by atoms with Crippen LogP contribution >= 0.6 is 11.6 Å². The predicted molar refractivity (Wildman–Crippen MR) is 129 cm³/mol. The second-order valence-corrected chi connectivity index (χ2v) is 8.77. The van der Waals surface area contributed by atoms with Gasteiger partial charge in [-0.3, -0.25) is 19.5 Å². The summed E-state index contributed by atoms with van der Waals surface area (Å²) in [7, 11) is 0. The number of ether oxygens (including phenoxy) is 1. The van der Waals surface area contributed by atoms with Crippen molar-refractivity contribution in [1.82, 2.24) is 14.7 Å². The third-order valence-corrected chi connectivity index (χ3v) is 6.30. The number of amides is 2. The number of H-pyrrole nitrogens is 1. The number of nitrogens with zero attached hydrogens (tertiary/aromatic N) is 3. The van der Waals surface area contributed by atoms with Crippen molar-refractivity contribution in [2.75, 3.05) is 31.2 Å². The Bertz CT molecular complexity index is 1380. The van der Waals surface area contributed by atoms with E-state index in [-0.39, 0.29) is 16.8 Å². The van der Waals surface area contributed by atoms with E-state index in [0.29, 0.717) is 48.4 Å².